The quantitative estimate of drug-likeness (QED) is 0.103. The minimum atomic E-state index is -4.80. The van der Waals surface area contributed by atoms with Gasteiger partial charge in [-0.15, -0.1) is 0 Å². The maximum absolute atomic E-state index is 13.1. The molecule has 0 spiro atoms. The van der Waals surface area contributed by atoms with Crippen LogP contribution in [-0.4, -0.2) is 32.0 Å². The lowest BCUT2D eigenvalue weighted by molar-refractivity contribution is -0.384. The molecule has 0 saturated heterocycles. The van der Waals surface area contributed by atoms with Gasteiger partial charge in [0.25, 0.3) is 11.4 Å². The van der Waals surface area contributed by atoms with Crippen LogP contribution >= 0.6 is 23.2 Å². The first kappa shape index (κ1) is 34.5. The zero-order valence-electron chi connectivity index (χ0n) is 22.4. The highest BCUT2D eigenvalue weighted by atomic mass is 35.5. The zero-order chi connectivity index (χ0) is 35.2. The highest BCUT2D eigenvalue weighted by molar-refractivity contribution is 6.37. The van der Waals surface area contributed by atoms with E-state index in [4.69, 9.17) is 27.9 Å². The minimum Gasteiger partial charge on any atom is -0.477 e. The first-order valence-electron chi connectivity index (χ1n) is 12.3. The van der Waals surface area contributed by atoms with Gasteiger partial charge >= 0.3 is 24.3 Å². The SMILES string of the molecule is O=C(O)c1c(Cl)c(Oc2cc(-c3ccc(C(F)(F)F)cc3)c([N+](=O)[O-])c(C(=O)O)c2Cl)cc(-c2ccc(C(F)(F)F)cc2)c1[N+](=O)[O-]. The van der Waals surface area contributed by atoms with Crippen LogP contribution < -0.4 is 4.74 Å². The number of rotatable bonds is 8. The number of carboxylic acid groups (broad SMARTS) is 2. The Kier molecular flexibility index (Phi) is 9.10. The summed E-state index contributed by atoms with van der Waals surface area (Å²) in [6.45, 7) is 0. The number of hydrogen-bond donors (Lipinski definition) is 2. The second-order valence-corrected chi connectivity index (χ2v) is 10.1. The van der Waals surface area contributed by atoms with Crippen molar-refractivity contribution in [2.45, 2.75) is 12.4 Å². The molecule has 0 unspecified atom stereocenters. The van der Waals surface area contributed by atoms with Crippen LogP contribution in [0.15, 0.2) is 60.7 Å². The standard InChI is InChI=1S/C28H12Cl2F6N2O9/c29-21-17(9-15(23(37(43)44)19(21)25(39)40)11-1-5-13(6-2-11)27(31,32)33)47-18-10-16(12-3-7-14(8-4-12)28(34,35)36)24(38(45)46)20(22(18)30)26(41)42/h1-10H,(H,39,40)(H,41,42). The molecule has 11 nitrogen and oxygen atoms in total. The molecule has 0 atom stereocenters. The van der Waals surface area contributed by atoms with Gasteiger partial charge in [-0.3, -0.25) is 20.2 Å². The van der Waals surface area contributed by atoms with E-state index in [-0.39, 0.29) is 11.1 Å². The molecule has 0 amide bonds. The monoisotopic (exact) mass is 704 g/mol. The summed E-state index contributed by atoms with van der Waals surface area (Å²) in [5.74, 6) is -5.55. The Morgan fingerprint density at radius 2 is 0.936 bits per heavy atom. The van der Waals surface area contributed by atoms with Crippen LogP contribution in [0.4, 0.5) is 37.7 Å². The number of ether oxygens (including phenoxy) is 1. The van der Waals surface area contributed by atoms with Crippen molar-refractivity contribution in [3.8, 4) is 33.8 Å². The summed E-state index contributed by atoms with van der Waals surface area (Å²) in [7, 11) is 0. The number of benzene rings is 4. The molecular weight excluding hydrogens is 693 g/mol. The van der Waals surface area contributed by atoms with Gasteiger partial charge < -0.3 is 14.9 Å². The van der Waals surface area contributed by atoms with Crippen LogP contribution in [0.3, 0.4) is 0 Å². The Morgan fingerprint density at radius 3 is 1.17 bits per heavy atom. The number of hydrogen-bond acceptors (Lipinski definition) is 7. The molecule has 244 valence electrons. The molecule has 47 heavy (non-hydrogen) atoms. The third-order valence-corrected chi connectivity index (χ3v) is 7.22. The normalized spacial score (nSPS) is 11.7. The van der Waals surface area contributed by atoms with E-state index in [1.54, 1.807) is 0 Å². The molecule has 0 aromatic heterocycles. The zero-order valence-corrected chi connectivity index (χ0v) is 24.0. The van der Waals surface area contributed by atoms with Gasteiger partial charge in [0.15, 0.2) is 11.1 Å². The molecule has 0 aliphatic heterocycles. The van der Waals surface area contributed by atoms with E-state index >= 15 is 0 Å². The van der Waals surface area contributed by atoms with E-state index in [9.17, 15) is 66.4 Å². The smallest absolute Gasteiger partial charge is 0.416 e. The van der Waals surface area contributed by atoms with Crippen molar-refractivity contribution in [3.05, 3.63) is 113 Å². The predicted molar refractivity (Wildman–Crippen MR) is 151 cm³/mol. The number of nitrogens with zero attached hydrogens (tertiary/aromatic N) is 2. The highest BCUT2D eigenvalue weighted by Gasteiger charge is 2.36. The third kappa shape index (κ3) is 6.75. The van der Waals surface area contributed by atoms with Gasteiger partial charge in [-0.2, -0.15) is 26.3 Å². The number of alkyl halides is 6. The Labute approximate surface area is 266 Å². The van der Waals surface area contributed by atoms with Gasteiger partial charge in [-0.25, -0.2) is 9.59 Å². The van der Waals surface area contributed by atoms with Crippen LogP contribution in [0, 0.1) is 20.2 Å². The predicted octanol–water partition coefficient (Wildman–Crippen LogP) is 9.37. The molecule has 4 aromatic rings. The van der Waals surface area contributed by atoms with Gasteiger partial charge in [-0.05, 0) is 47.5 Å². The first-order valence-corrected chi connectivity index (χ1v) is 13.0. The number of nitro benzene ring substituents is 2. The molecule has 2 N–H and O–H groups in total. The fraction of sp³-hybridized carbons (Fsp3) is 0.0714. The van der Waals surface area contributed by atoms with Crippen molar-refractivity contribution in [2.75, 3.05) is 0 Å². The number of nitro groups is 2. The van der Waals surface area contributed by atoms with E-state index in [1.807, 2.05) is 0 Å². The maximum Gasteiger partial charge on any atom is 0.416 e. The van der Waals surface area contributed by atoms with Gasteiger partial charge in [0.1, 0.15) is 21.5 Å². The summed E-state index contributed by atoms with van der Waals surface area (Å²) in [6.07, 6.45) is -9.60. The Morgan fingerprint density at radius 1 is 0.638 bits per heavy atom. The largest absolute Gasteiger partial charge is 0.477 e. The van der Waals surface area contributed by atoms with E-state index in [0.717, 1.165) is 36.4 Å². The summed E-state index contributed by atoms with van der Waals surface area (Å²) in [4.78, 5) is 45.9. The molecule has 19 heteroatoms. The van der Waals surface area contributed by atoms with Crippen LogP contribution in [0.2, 0.25) is 10.0 Å². The molecule has 4 aromatic carbocycles. The van der Waals surface area contributed by atoms with Crippen molar-refractivity contribution in [1.29, 1.82) is 0 Å². The third-order valence-electron chi connectivity index (χ3n) is 6.47. The fourth-order valence-electron chi connectivity index (χ4n) is 4.40. The van der Waals surface area contributed by atoms with E-state index in [2.05, 4.69) is 0 Å². The topological polar surface area (TPSA) is 170 Å². The summed E-state index contributed by atoms with van der Waals surface area (Å²) >= 11 is 12.3. The van der Waals surface area contributed by atoms with Crippen LogP contribution in [0.25, 0.3) is 22.3 Å². The number of carboxylic acids is 2. The molecular formula is C28H12Cl2F6N2O9. The Hall–Kier alpha value is -5.42. The average molecular weight is 705 g/mol. The lowest BCUT2D eigenvalue weighted by Gasteiger charge is -2.17. The van der Waals surface area contributed by atoms with Gasteiger partial charge in [-0.1, -0.05) is 47.5 Å². The van der Waals surface area contributed by atoms with Crippen LogP contribution in [-0.2, 0) is 12.4 Å². The van der Waals surface area contributed by atoms with Crippen molar-refractivity contribution in [2.24, 2.45) is 0 Å². The second-order valence-electron chi connectivity index (χ2n) is 9.30. The molecule has 0 radical (unpaired) electrons. The second kappa shape index (κ2) is 12.4. The molecule has 0 fully saturated rings. The molecule has 4 rings (SSSR count). The molecule has 0 bridgehead atoms. The average Bonchev–Trinajstić information content (AvgIpc) is 2.97. The minimum absolute atomic E-state index is 0.319. The number of halogens is 8. The molecule has 0 aliphatic carbocycles. The van der Waals surface area contributed by atoms with Crippen LogP contribution in [0.1, 0.15) is 31.8 Å². The Bertz CT molecular complexity index is 1820. The van der Waals surface area contributed by atoms with Crippen molar-refractivity contribution >= 4 is 46.5 Å². The number of aromatic carboxylic acids is 2. The first-order chi connectivity index (χ1) is 21.7. The highest BCUT2D eigenvalue weighted by Crippen LogP contribution is 2.48. The molecule has 0 saturated carbocycles. The lowest BCUT2D eigenvalue weighted by atomic mass is 9.97. The lowest BCUT2D eigenvalue weighted by Crippen LogP contribution is -2.09. The maximum atomic E-state index is 13.1. The van der Waals surface area contributed by atoms with Crippen molar-refractivity contribution in [3.63, 3.8) is 0 Å². The molecule has 0 aliphatic rings. The van der Waals surface area contributed by atoms with Crippen molar-refractivity contribution < 1.29 is 60.7 Å². The fourth-order valence-corrected chi connectivity index (χ4v) is 4.93. The van der Waals surface area contributed by atoms with Gasteiger partial charge in [0, 0.05) is 0 Å². The summed E-state index contributed by atoms with van der Waals surface area (Å²) in [6, 6.07) is 6.86. The summed E-state index contributed by atoms with van der Waals surface area (Å²) < 4.78 is 84.3. The van der Waals surface area contributed by atoms with Crippen LogP contribution in [0.5, 0.6) is 11.5 Å². The van der Waals surface area contributed by atoms with Crippen molar-refractivity contribution in [1.82, 2.24) is 0 Å². The summed E-state index contributed by atoms with van der Waals surface area (Å²) in [5, 5.41) is 41.6. The Balaban J connectivity index is 2.01. The van der Waals surface area contributed by atoms with Gasteiger partial charge in [0.05, 0.1) is 32.1 Å². The number of carbonyl (C=O) groups is 2. The van der Waals surface area contributed by atoms with E-state index in [0.29, 0.717) is 24.3 Å². The molecule has 0 heterocycles. The van der Waals surface area contributed by atoms with E-state index < -0.39 is 100 Å². The summed E-state index contributed by atoms with van der Waals surface area (Å²) in [5.41, 5.74) is -8.93. The van der Waals surface area contributed by atoms with Gasteiger partial charge in [0.2, 0.25) is 0 Å². The van der Waals surface area contributed by atoms with E-state index in [1.165, 1.54) is 0 Å².